The predicted octanol–water partition coefficient (Wildman–Crippen LogP) is 0.113. The minimum atomic E-state index is -0.910. The average Bonchev–Trinajstić information content (AvgIpc) is 2.75. The Morgan fingerprint density at radius 1 is 1.40 bits per heavy atom. The van der Waals surface area contributed by atoms with Crippen molar-refractivity contribution in [3.63, 3.8) is 0 Å². The molecule has 7 nitrogen and oxygen atoms in total. The van der Waals surface area contributed by atoms with E-state index in [4.69, 9.17) is 0 Å². The highest BCUT2D eigenvalue weighted by Gasteiger charge is 2.46. The lowest BCUT2D eigenvalue weighted by molar-refractivity contribution is -0.148. The molecule has 1 saturated heterocycles. The zero-order valence-electron chi connectivity index (χ0n) is 11.9. The van der Waals surface area contributed by atoms with Crippen molar-refractivity contribution >= 4 is 17.9 Å². The number of carboxylic acids is 1. The third-order valence-electron chi connectivity index (χ3n) is 4.49. The number of amides is 3. The first-order valence-corrected chi connectivity index (χ1v) is 6.87. The quantitative estimate of drug-likeness (QED) is 0.753. The van der Waals surface area contributed by atoms with Crippen molar-refractivity contribution in [2.75, 3.05) is 26.7 Å². The Labute approximate surface area is 117 Å². The van der Waals surface area contributed by atoms with Crippen molar-refractivity contribution in [3.8, 4) is 0 Å². The molecule has 2 aliphatic rings. The van der Waals surface area contributed by atoms with E-state index in [9.17, 15) is 19.5 Å². The largest absolute Gasteiger partial charge is 0.481 e. The van der Waals surface area contributed by atoms with Crippen LogP contribution in [0.25, 0.3) is 0 Å². The second kappa shape index (κ2) is 5.30. The summed E-state index contributed by atoms with van der Waals surface area (Å²) >= 11 is 0. The van der Waals surface area contributed by atoms with Gasteiger partial charge in [-0.2, -0.15) is 0 Å². The van der Waals surface area contributed by atoms with Gasteiger partial charge in [0.15, 0.2) is 0 Å². The molecule has 1 aliphatic carbocycles. The van der Waals surface area contributed by atoms with Crippen LogP contribution in [-0.2, 0) is 9.59 Å². The fourth-order valence-electron chi connectivity index (χ4n) is 2.83. The highest BCUT2D eigenvalue weighted by molar-refractivity contribution is 5.86. The van der Waals surface area contributed by atoms with Crippen LogP contribution in [0, 0.1) is 5.41 Å². The van der Waals surface area contributed by atoms with Gasteiger partial charge >= 0.3 is 12.0 Å². The van der Waals surface area contributed by atoms with Crippen molar-refractivity contribution in [2.45, 2.75) is 32.2 Å². The molecule has 0 aromatic heterocycles. The van der Waals surface area contributed by atoms with Crippen molar-refractivity contribution in [1.29, 1.82) is 0 Å². The number of piperazine rings is 1. The fraction of sp³-hybridized carbons (Fsp3) is 0.769. The van der Waals surface area contributed by atoms with Crippen molar-refractivity contribution in [2.24, 2.45) is 5.41 Å². The number of urea groups is 1. The van der Waals surface area contributed by atoms with E-state index in [0.717, 1.165) is 6.42 Å². The third kappa shape index (κ3) is 2.57. The zero-order valence-corrected chi connectivity index (χ0v) is 11.9. The van der Waals surface area contributed by atoms with Gasteiger partial charge in [0.2, 0.25) is 5.91 Å². The van der Waals surface area contributed by atoms with Gasteiger partial charge in [0.25, 0.3) is 0 Å². The predicted molar refractivity (Wildman–Crippen MR) is 71.1 cm³/mol. The maximum absolute atomic E-state index is 12.2. The summed E-state index contributed by atoms with van der Waals surface area (Å²) < 4.78 is 0. The summed E-state index contributed by atoms with van der Waals surface area (Å²) in [5.74, 6) is -0.978. The van der Waals surface area contributed by atoms with Crippen LogP contribution in [0.3, 0.4) is 0 Å². The molecule has 20 heavy (non-hydrogen) atoms. The van der Waals surface area contributed by atoms with Crippen LogP contribution in [0.1, 0.15) is 26.2 Å². The second-order valence-electron chi connectivity index (χ2n) is 5.85. The van der Waals surface area contributed by atoms with Gasteiger partial charge in [-0.3, -0.25) is 9.59 Å². The monoisotopic (exact) mass is 283 g/mol. The van der Waals surface area contributed by atoms with E-state index < -0.39 is 11.4 Å². The second-order valence-corrected chi connectivity index (χ2v) is 5.85. The van der Waals surface area contributed by atoms with Crippen molar-refractivity contribution < 1.29 is 19.5 Å². The molecule has 2 N–H and O–H groups in total. The number of nitrogens with zero attached hydrogens (tertiary/aromatic N) is 2. The van der Waals surface area contributed by atoms with Crippen molar-refractivity contribution in [1.82, 2.24) is 15.1 Å². The van der Waals surface area contributed by atoms with Gasteiger partial charge in [0, 0.05) is 26.2 Å². The normalized spacial score (nSPS) is 30.5. The number of hydrogen-bond donors (Lipinski definition) is 2. The maximum Gasteiger partial charge on any atom is 0.318 e. The molecular formula is C13H21N3O4. The lowest BCUT2D eigenvalue weighted by Crippen LogP contribution is -2.57. The summed E-state index contributed by atoms with van der Waals surface area (Å²) in [6.07, 6.45) is 2.01. The first-order valence-electron chi connectivity index (χ1n) is 6.87. The standard InChI is InChI=1S/C13H21N3O4/c1-13(11(18)19)5-3-4-9(13)14-12(20)16-7-6-15(2)10(17)8-16/h9H,3-8H2,1-2H3,(H,14,20)(H,18,19). The van der Waals surface area contributed by atoms with Gasteiger partial charge in [-0.1, -0.05) is 6.42 Å². The summed E-state index contributed by atoms with van der Waals surface area (Å²) in [5, 5.41) is 12.1. The molecule has 2 unspecified atom stereocenters. The van der Waals surface area contributed by atoms with E-state index in [1.165, 1.54) is 4.90 Å². The SMILES string of the molecule is CN1CCN(C(=O)NC2CCCC2(C)C(=O)O)CC1=O. The van der Waals surface area contributed by atoms with Crippen LogP contribution in [-0.4, -0.2) is 65.5 Å². The van der Waals surface area contributed by atoms with Crippen LogP contribution in [0.15, 0.2) is 0 Å². The number of hydrogen-bond acceptors (Lipinski definition) is 3. The number of likely N-dealkylation sites (N-methyl/N-ethyl adjacent to an activating group) is 1. The smallest absolute Gasteiger partial charge is 0.318 e. The third-order valence-corrected chi connectivity index (χ3v) is 4.49. The molecule has 112 valence electrons. The van der Waals surface area contributed by atoms with Gasteiger partial charge in [0.05, 0.1) is 5.41 Å². The Kier molecular flexibility index (Phi) is 3.87. The average molecular weight is 283 g/mol. The molecule has 0 radical (unpaired) electrons. The van der Waals surface area contributed by atoms with Crippen LogP contribution >= 0.6 is 0 Å². The van der Waals surface area contributed by atoms with Crippen LogP contribution in [0.5, 0.6) is 0 Å². The number of carboxylic acid groups (broad SMARTS) is 1. The molecule has 2 rings (SSSR count). The van der Waals surface area contributed by atoms with E-state index in [0.29, 0.717) is 25.9 Å². The first kappa shape index (κ1) is 14.6. The number of aliphatic carboxylic acids is 1. The highest BCUT2D eigenvalue weighted by Crippen LogP contribution is 2.38. The van der Waals surface area contributed by atoms with E-state index >= 15 is 0 Å². The van der Waals surface area contributed by atoms with Crippen LogP contribution in [0.4, 0.5) is 4.79 Å². The summed E-state index contributed by atoms with van der Waals surface area (Å²) in [7, 11) is 1.70. The Balaban J connectivity index is 1.98. The molecule has 0 bridgehead atoms. The molecule has 2 fully saturated rings. The van der Waals surface area contributed by atoms with Gasteiger partial charge in [-0.25, -0.2) is 4.79 Å². The van der Waals surface area contributed by atoms with Gasteiger partial charge in [-0.05, 0) is 19.8 Å². The van der Waals surface area contributed by atoms with E-state index in [-0.39, 0.29) is 24.5 Å². The highest BCUT2D eigenvalue weighted by atomic mass is 16.4. The molecule has 0 aromatic carbocycles. The van der Waals surface area contributed by atoms with Gasteiger partial charge < -0.3 is 20.2 Å². The minimum absolute atomic E-state index is 0.0544. The number of carbonyl (C=O) groups is 3. The van der Waals surface area contributed by atoms with Crippen LogP contribution < -0.4 is 5.32 Å². The molecule has 1 saturated carbocycles. The topological polar surface area (TPSA) is 89.9 Å². The number of nitrogens with one attached hydrogen (secondary N) is 1. The summed E-state index contributed by atoms with van der Waals surface area (Å²) in [6, 6.07) is -0.715. The summed E-state index contributed by atoms with van der Waals surface area (Å²) in [6.45, 7) is 2.71. The minimum Gasteiger partial charge on any atom is -0.481 e. The fourth-order valence-corrected chi connectivity index (χ4v) is 2.83. The number of rotatable bonds is 2. The lowest BCUT2D eigenvalue weighted by Gasteiger charge is -2.34. The van der Waals surface area contributed by atoms with Gasteiger partial charge in [0.1, 0.15) is 6.54 Å². The summed E-state index contributed by atoms with van der Waals surface area (Å²) in [5.41, 5.74) is -0.910. The Bertz CT molecular complexity index is 439. The maximum atomic E-state index is 12.2. The zero-order chi connectivity index (χ0) is 14.9. The molecule has 3 amide bonds. The molecule has 2 atom stereocenters. The first-order chi connectivity index (χ1) is 9.34. The molecule has 0 spiro atoms. The Morgan fingerprint density at radius 3 is 2.70 bits per heavy atom. The Hall–Kier alpha value is -1.79. The number of carbonyl (C=O) groups excluding carboxylic acids is 2. The molecule has 0 aromatic rings. The van der Waals surface area contributed by atoms with E-state index in [2.05, 4.69) is 5.32 Å². The Morgan fingerprint density at radius 2 is 2.10 bits per heavy atom. The molecule has 1 heterocycles. The molecule has 7 heteroatoms. The molecular weight excluding hydrogens is 262 g/mol. The molecule has 1 aliphatic heterocycles. The lowest BCUT2D eigenvalue weighted by atomic mass is 9.85. The summed E-state index contributed by atoms with van der Waals surface area (Å²) in [4.78, 5) is 38.2. The van der Waals surface area contributed by atoms with Crippen molar-refractivity contribution in [3.05, 3.63) is 0 Å². The van der Waals surface area contributed by atoms with E-state index in [1.54, 1.807) is 18.9 Å². The van der Waals surface area contributed by atoms with Crippen LogP contribution in [0.2, 0.25) is 0 Å². The van der Waals surface area contributed by atoms with Gasteiger partial charge in [-0.15, -0.1) is 0 Å². The van der Waals surface area contributed by atoms with E-state index in [1.807, 2.05) is 0 Å².